The fourth-order valence-electron chi connectivity index (χ4n) is 1.45. The highest BCUT2D eigenvalue weighted by atomic mass is 16.7. The first-order valence-corrected chi connectivity index (χ1v) is 5.31. The first-order valence-electron chi connectivity index (χ1n) is 5.31. The number of carbonyl (C=O) groups excluding carboxylic acids is 1. The molecule has 2 atom stereocenters. The molecule has 1 heterocycles. The number of ether oxygens (including phenoxy) is 1. The van der Waals surface area contributed by atoms with Crippen LogP contribution in [-0.2, 0) is 14.4 Å². The lowest BCUT2D eigenvalue weighted by molar-refractivity contribution is -0.139. The van der Waals surface area contributed by atoms with Crippen molar-refractivity contribution in [3.63, 3.8) is 0 Å². The summed E-state index contributed by atoms with van der Waals surface area (Å²) in [6, 6.07) is 0.0904. The van der Waals surface area contributed by atoms with E-state index in [4.69, 9.17) is 9.57 Å². The molecule has 88 valence electrons. The molecule has 1 rings (SSSR count). The lowest BCUT2D eigenvalue weighted by atomic mass is 10.0. The zero-order chi connectivity index (χ0) is 11.3. The van der Waals surface area contributed by atoms with Gasteiger partial charge in [0.05, 0.1) is 25.7 Å². The standard InChI is InChI=1S/C10H20N2O3/c1-7(2)4-15-12-10(13)8-5-14-6-9(8)11-3/h7-9,11H,4-6H2,1-3H3,(H,12,13). The second kappa shape index (κ2) is 6.05. The van der Waals surface area contributed by atoms with Gasteiger partial charge in [0.25, 0.3) is 5.91 Å². The maximum atomic E-state index is 11.6. The number of nitrogens with one attached hydrogen (secondary N) is 2. The Balaban J connectivity index is 2.27. The molecular weight excluding hydrogens is 196 g/mol. The van der Waals surface area contributed by atoms with Gasteiger partial charge >= 0.3 is 0 Å². The number of hydrogen-bond donors (Lipinski definition) is 2. The third-order valence-electron chi connectivity index (χ3n) is 2.38. The van der Waals surface area contributed by atoms with Crippen molar-refractivity contribution in [1.82, 2.24) is 10.8 Å². The van der Waals surface area contributed by atoms with E-state index in [0.29, 0.717) is 25.7 Å². The van der Waals surface area contributed by atoms with Gasteiger partial charge in [-0.2, -0.15) is 0 Å². The summed E-state index contributed by atoms with van der Waals surface area (Å²) in [5.41, 5.74) is 2.46. The molecule has 0 spiro atoms. The molecule has 0 radical (unpaired) electrons. The van der Waals surface area contributed by atoms with Gasteiger partial charge in [0.15, 0.2) is 0 Å². The Hall–Kier alpha value is -0.650. The predicted molar refractivity (Wildman–Crippen MR) is 56.1 cm³/mol. The molecule has 0 aromatic carbocycles. The van der Waals surface area contributed by atoms with Crippen LogP contribution in [0.3, 0.4) is 0 Å². The molecule has 0 aliphatic carbocycles. The molecule has 1 fully saturated rings. The van der Waals surface area contributed by atoms with Crippen LogP contribution in [-0.4, -0.2) is 38.8 Å². The number of likely N-dealkylation sites (N-methyl/N-ethyl adjacent to an activating group) is 1. The van der Waals surface area contributed by atoms with Gasteiger partial charge in [-0.1, -0.05) is 13.8 Å². The molecule has 1 saturated heterocycles. The van der Waals surface area contributed by atoms with Crippen molar-refractivity contribution >= 4 is 5.91 Å². The Bertz CT molecular complexity index is 209. The van der Waals surface area contributed by atoms with E-state index < -0.39 is 0 Å². The second-order valence-corrected chi connectivity index (χ2v) is 4.21. The Morgan fingerprint density at radius 1 is 1.53 bits per heavy atom. The summed E-state index contributed by atoms with van der Waals surface area (Å²) >= 11 is 0. The van der Waals surface area contributed by atoms with Crippen LogP contribution in [0.15, 0.2) is 0 Å². The lowest BCUT2D eigenvalue weighted by Gasteiger charge is -2.16. The van der Waals surface area contributed by atoms with Crippen LogP contribution in [0.25, 0.3) is 0 Å². The first kappa shape index (κ1) is 12.4. The fraction of sp³-hybridized carbons (Fsp3) is 0.900. The monoisotopic (exact) mass is 216 g/mol. The van der Waals surface area contributed by atoms with Crippen LogP contribution >= 0.6 is 0 Å². The van der Waals surface area contributed by atoms with Crippen LogP contribution in [0.5, 0.6) is 0 Å². The largest absolute Gasteiger partial charge is 0.379 e. The van der Waals surface area contributed by atoms with Crippen molar-refractivity contribution in [2.45, 2.75) is 19.9 Å². The van der Waals surface area contributed by atoms with Crippen molar-refractivity contribution in [3.8, 4) is 0 Å². The first-order chi connectivity index (χ1) is 7.15. The minimum atomic E-state index is -0.151. The summed E-state index contributed by atoms with van der Waals surface area (Å²) < 4.78 is 5.23. The van der Waals surface area contributed by atoms with Gasteiger partial charge < -0.3 is 10.1 Å². The maximum absolute atomic E-state index is 11.6. The fourth-order valence-corrected chi connectivity index (χ4v) is 1.45. The summed E-state index contributed by atoms with van der Waals surface area (Å²) in [6.45, 7) is 5.63. The highest BCUT2D eigenvalue weighted by molar-refractivity contribution is 5.78. The van der Waals surface area contributed by atoms with E-state index in [-0.39, 0.29) is 17.9 Å². The molecule has 5 nitrogen and oxygen atoms in total. The smallest absolute Gasteiger partial charge is 0.250 e. The quantitative estimate of drug-likeness (QED) is 0.631. The number of hydroxylamine groups is 1. The second-order valence-electron chi connectivity index (χ2n) is 4.21. The molecule has 0 aromatic rings. The lowest BCUT2D eigenvalue weighted by Crippen LogP contribution is -2.42. The molecule has 1 aliphatic rings. The van der Waals surface area contributed by atoms with Crippen LogP contribution < -0.4 is 10.8 Å². The SMILES string of the molecule is CNC1COCC1C(=O)NOCC(C)C. The molecule has 5 heteroatoms. The van der Waals surface area contributed by atoms with Gasteiger partial charge in [-0.15, -0.1) is 0 Å². The zero-order valence-corrected chi connectivity index (χ0v) is 9.58. The van der Waals surface area contributed by atoms with Gasteiger partial charge in [-0.05, 0) is 13.0 Å². The Labute approximate surface area is 90.5 Å². The highest BCUT2D eigenvalue weighted by Crippen LogP contribution is 2.13. The predicted octanol–water partition coefficient (Wildman–Crippen LogP) is -0.0754. The van der Waals surface area contributed by atoms with E-state index in [2.05, 4.69) is 10.8 Å². The summed E-state index contributed by atoms with van der Waals surface area (Å²) in [6.07, 6.45) is 0. The van der Waals surface area contributed by atoms with E-state index in [1.165, 1.54) is 0 Å². The van der Waals surface area contributed by atoms with Gasteiger partial charge in [0.2, 0.25) is 0 Å². The molecule has 2 N–H and O–H groups in total. The molecule has 1 aliphatic heterocycles. The van der Waals surface area contributed by atoms with Gasteiger partial charge in [-0.25, -0.2) is 5.48 Å². The van der Waals surface area contributed by atoms with Crippen molar-refractivity contribution in [2.75, 3.05) is 26.9 Å². The van der Waals surface area contributed by atoms with E-state index >= 15 is 0 Å². The summed E-state index contributed by atoms with van der Waals surface area (Å²) in [4.78, 5) is 16.7. The molecule has 2 unspecified atom stereocenters. The van der Waals surface area contributed by atoms with Crippen LogP contribution in [0.4, 0.5) is 0 Å². The summed E-state index contributed by atoms with van der Waals surface area (Å²) in [7, 11) is 1.83. The number of hydrogen-bond acceptors (Lipinski definition) is 4. The topological polar surface area (TPSA) is 59.6 Å². The molecule has 0 saturated carbocycles. The average molecular weight is 216 g/mol. The Kier molecular flexibility index (Phi) is 5.01. The minimum absolute atomic E-state index is 0.0904. The van der Waals surface area contributed by atoms with Gasteiger partial charge in [-0.3, -0.25) is 9.63 Å². The van der Waals surface area contributed by atoms with Crippen molar-refractivity contribution < 1.29 is 14.4 Å². The zero-order valence-electron chi connectivity index (χ0n) is 9.58. The summed E-state index contributed by atoms with van der Waals surface area (Å²) in [5, 5.41) is 3.05. The van der Waals surface area contributed by atoms with Crippen molar-refractivity contribution in [2.24, 2.45) is 11.8 Å². The minimum Gasteiger partial charge on any atom is -0.379 e. The van der Waals surface area contributed by atoms with Crippen LogP contribution in [0.1, 0.15) is 13.8 Å². The van der Waals surface area contributed by atoms with Crippen LogP contribution in [0.2, 0.25) is 0 Å². The molecular formula is C10H20N2O3. The third-order valence-corrected chi connectivity index (χ3v) is 2.38. The number of amides is 1. The van der Waals surface area contributed by atoms with E-state index in [1.54, 1.807) is 0 Å². The van der Waals surface area contributed by atoms with E-state index in [9.17, 15) is 4.79 Å². The number of carbonyl (C=O) groups is 1. The van der Waals surface area contributed by atoms with Crippen LogP contribution in [0, 0.1) is 11.8 Å². The van der Waals surface area contributed by atoms with Crippen molar-refractivity contribution in [1.29, 1.82) is 0 Å². The molecule has 1 amide bonds. The molecule has 0 bridgehead atoms. The maximum Gasteiger partial charge on any atom is 0.250 e. The molecule has 15 heavy (non-hydrogen) atoms. The third kappa shape index (κ3) is 3.77. The van der Waals surface area contributed by atoms with Crippen molar-refractivity contribution in [3.05, 3.63) is 0 Å². The molecule has 0 aromatic heterocycles. The Morgan fingerprint density at radius 3 is 2.87 bits per heavy atom. The number of rotatable bonds is 5. The average Bonchev–Trinajstić information content (AvgIpc) is 2.64. The van der Waals surface area contributed by atoms with Gasteiger partial charge in [0.1, 0.15) is 0 Å². The summed E-state index contributed by atoms with van der Waals surface area (Å²) in [5.74, 6) is 0.153. The van der Waals surface area contributed by atoms with E-state index in [0.717, 1.165) is 0 Å². The normalized spacial score (nSPS) is 25.9. The highest BCUT2D eigenvalue weighted by Gasteiger charge is 2.33. The van der Waals surface area contributed by atoms with E-state index in [1.807, 2.05) is 20.9 Å². The van der Waals surface area contributed by atoms with Gasteiger partial charge in [0, 0.05) is 6.04 Å². The Morgan fingerprint density at radius 2 is 2.27 bits per heavy atom.